The molecule has 1 amide bonds. The van der Waals surface area contributed by atoms with E-state index in [9.17, 15) is 4.79 Å². The number of hydrogen-bond acceptors (Lipinski definition) is 4. The van der Waals surface area contributed by atoms with E-state index in [1.54, 1.807) is 11.3 Å². The number of thiophene rings is 1. The fourth-order valence-corrected chi connectivity index (χ4v) is 3.34. The minimum atomic E-state index is 0.0486. The number of amides is 1. The van der Waals surface area contributed by atoms with Crippen LogP contribution in [0.1, 0.15) is 10.4 Å². The molecule has 0 saturated carbocycles. The zero-order valence-corrected chi connectivity index (χ0v) is 13.0. The first-order valence-corrected chi connectivity index (χ1v) is 8.30. The number of para-hydroxylation sites is 1. The molecule has 3 nitrogen and oxygen atoms in total. The topological polar surface area (TPSA) is 55.1 Å². The molecule has 2 aromatic rings. The molecule has 0 unspecified atom stereocenters. The molecule has 1 aromatic carbocycles. The minimum absolute atomic E-state index is 0.0486. The second-order valence-corrected chi connectivity index (χ2v) is 6.50. The summed E-state index contributed by atoms with van der Waals surface area (Å²) in [5, 5.41) is 4.98. The number of benzene rings is 1. The summed E-state index contributed by atoms with van der Waals surface area (Å²) >= 11 is 3.20. The quantitative estimate of drug-likeness (QED) is 0.637. The predicted octanol–water partition coefficient (Wildman–Crippen LogP) is 3.09. The molecule has 1 heterocycles. The third-order valence-corrected chi connectivity index (χ3v) is 4.93. The fraction of sp³-hybridized carbons (Fsp3) is 0.267. The molecule has 0 aliphatic heterocycles. The number of nitrogens with one attached hydrogen (secondary N) is 1. The highest BCUT2D eigenvalue weighted by Gasteiger charge is 2.06. The molecule has 3 N–H and O–H groups in total. The maximum Gasteiger partial charge on any atom is 0.230 e. The van der Waals surface area contributed by atoms with Crippen LogP contribution in [-0.2, 0) is 11.2 Å². The second-order valence-electron chi connectivity index (χ2n) is 4.45. The van der Waals surface area contributed by atoms with Crippen LogP contribution >= 0.6 is 23.1 Å². The molecule has 106 valence electrons. The lowest BCUT2D eigenvalue weighted by Gasteiger charge is -2.08. The van der Waals surface area contributed by atoms with Crippen molar-refractivity contribution in [1.29, 1.82) is 0 Å². The van der Waals surface area contributed by atoms with Gasteiger partial charge < -0.3 is 11.1 Å². The van der Waals surface area contributed by atoms with Crippen LogP contribution in [0.15, 0.2) is 40.6 Å². The highest BCUT2D eigenvalue weighted by molar-refractivity contribution is 8.00. The Balaban J connectivity index is 1.73. The van der Waals surface area contributed by atoms with Crippen molar-refractivity contribution in [2.75, 3.05) is 18.0 Å². The van der Waals surface area contributed by atoms with Crippen molar-refractivity contribution < 1.29 is 4.79 Å². The van der Waals surface area contributed by atoms with Crippen LogP contribution in [0, 0.1) is 6.92 Å². The maximum atomic E-state index is 11.8. The first-order valence-electron chi connectivity index (χ1n) is 6.44. The normalized spacial score (nSPS) is 10.4. The Morgan fingerprint density at radius 3 is 2.95 bits per heavy atom. The number of anilines is 1. The summed E-state index contributed by atoms with van der Waals surface area (Å²) in [6.45, 7) is 2.66. The zero-order chi connectivity index (χ0) is 14.4. The van der Waals surface area contributed by atoms with Crippen molar-refractivity contribution in [2.24, 2.45) is 0 Å². The number of carbonyl (C=O) groups is 1. The largest absolute Gasteiger partial charge is 0.398 e. The summed E-state index contributed by atoms with van der Waals surface area (Å²) in [5.74, 6) is 0.449. The molecule has 0 atom stereocenters. The highest BCUT2D eigenvalue weighted by Crippen LogP contribution is 2.27. The van der Waals surface area contributed by atoms with E-state index < -0.39 is 0 Å². The molecule has 0 bridgehead atoms. The van der Waals surface area contributed by atoms with Crippen molar-refractivity contribution in [2.45, 2.75) is 18.2 Å². The monoisotopic (exact) mass is 306 g/mol. The molecular formula is C15H18N2OS2. The van der Waals surface area contributed by atoms with Gasteiger partial charge in [0.1, 0.15) is 0 Å². The van der Waals surface area contributed by atoms with E-state index in [0.717, 1.165) is 22.6 Å². The predicted molar refractivity (Wildman–Crippen MR) is 87.3 cm³/mol. The Morgan fingerprint density at radius 1 is 1.35 bits per heavy atom. The van der Waals surface area contributed by atoms with Gasteiger partial charge in [0.25, 0.3) is 0 Å². The SMILES string of the molecule is Cc1cccc(SCC(=O)NCCc2cccs2)c1N. The molecule has 0 aliphatic carbocycles. The van der Waals surface area contributed by atoms with E-state index >= 15 is 0 Å². The van der Waals surface area contributed by atoms with Gasteiger partial charge >= 0.3 is 0 Å². The average Bonchev–Trinajstić information content (AvgIpc) is 2.94. The number of hydrogen-bond donors (Lipinski definition) is 2. The molecule has 0 fully saturated rings. The van der Waals surface area contributed by atoms with Gasteiger partial charge in [-0.2, -0.15) is 0 Å². The molecule has 5 heteroatoms. The Labute approximate surface area is 127 Å². The van der Waals surface area contributed by atoms with Gasteiger partial charge in [-0.25, -0.2) is 0 Å². The van der Waals surface area contributed by atoms with Gasteiger partial charge in [0.2, 0.25) is 5.91 Å². The molecule has 1 aromatic heterocycles. The van der Waals surface area contributed by atoms with Crippen molar-refractivity contribution in [1.82, 2.24) is 5.32 Å². The Bertz CT molecular complexity index is 567. The third kappa shape index (κ3) is 4.28. The van der Waals surface area contributed by atoms with Gasteiger partial charge in [-0.3, -0.25) is 4.79 Å². The number of rotatable bonds is 6. The molecule has 2 rings (SSSR count). The number of carbonyl (C=O) groups excluding carboxylic acids is 1. The van der Waals surface area contributed by atoms with Gasteiger partial charge in [-0.05, 0) is 36.4 Å². The summed E-state index contributed by atoms with van der Waals surface area (Å²) in [6, 6.07) is 9.99. The maximum absolute atomic E-state index is 11.8. The number of aryl methyl sites for hydroxylation is 1. The van der Waals surface area contributed by atoms with E-state index in [2.05, 4.69) is 11.4 Å². The molecular weight excluding hydrogens is 288 g/mol. The Hall–Kier alpha value is -1.46. The number of nitrogen functional groups attached to an aromatic ring is 1. The van der Waals surface area contributed by atoms with Gasteiger partial charge in [0.05, 0.1) is 5.75 Å². The highest BCUT2D eigenvalue weighted by atomic mass is 32.2. The van der Waals surface area contributed by atoms with Crippen molar-refractivity contribution in [3.8, 4) is 0 Å². The van der Waals surface area contributed by atoms with Crippen LogP contribution in [0.4, 0.5) is 5.69 Å². The van der Waals surface area contributed by atoms with Crippen LogP contribution < -0.4 is 11.1 Å². The molecule has 0 aliphatic rings. The molecule has 0 saturated heterocycles. The van der Waals surface area contributed by atoms with Crippen molar-refractivity contribution in [3.63, 3.8) is 0 Å². The minimum Gasteiger partial charge on any atom is -0.398 e. The number of nitrogens with two attached hydrogens (primary N) is 1. The van der Waals surface area contributed by atoms with E-state index in [1.807, 2.05) is 36.6 Å². The number of thioether (sulfide) groups is 1. The summed E-state index contributed by atoms with van der Waals surface area (Å²) in [4.78, 5) is 14.0. The molecule has 0 radical (unpaired) electrons. The first kappa shape index (κ1) is 14.9. The molecule has 0 spiro atoms. The average molecular weight is 306 g/mol. The van der Waals surface area contributed by atoms with Crippen LogP contribution in [0.5, 0.6) is 0 Å². The fourth-order valence-electron chi connectivity index (χ4n) is 1.75. The lowest BCUT2D eigenvalue weighted by Crippen LogP contribution is -2.27. The van der Waals surface area contributed by atoms with Crippen LogP contribution in [0.2, 0.25) is 0 Å². The van der Waals surface area contributed by atoms with E-state index in [4.69, 9.17) is 5.73 Å². The van der Waals surface area contributed by atoms with E-state index in [0.29, 0.717) is 12.3 Å². The van der Waals surface area contributed by atoms with Crippen LogP contribution in [-0.4, -0.2) is 18.2 Å². The standard InChI is InChI=1S/C15H18N2OS2/c1-11-4-2-6-13(15(11)16)20-10-14(18)17-8-7-12-5-3-9-19-12/h2-6,9H,7-8,10,16H2,1H3,(H,17,18). The van der Waals surface area contributed by atoms with Gasteiger partial charge in [-0.15, -0.1) is 23.1 Å². The second kappa shape index (κ2) is 7.36. The smallest absolute Gasteiger partial charge is 0.230 e. The van der Waals surface area contributed by atoms with E-state index in [-0.39, 0.29) is 5.91 Å². The summed E-state index contributed by atoms with van der Waals surface area (Å²) < 4.78 is 0. The third-order valence-electron chi connectivity index (χ3n) is 2.92. The van der Waals surface area contributed by atoms with Crippen molar-refractivity contribution >= 4 is 34.7 Å². The van der Waals surface area contributed by atoms with Gasteiger partial charge in [0, 0.05) is 22.0 Å². The van der Waals surface area contributed by atoms with Crippen LogP contribution in [0.3, 0.4) is 0 Å². The van der Waals surface area contributed by atoms with Crippen molar-refractivity contribution in [3.05, 3.63) is 46.2 Å². The van der Waals surface area contributed by atoms with Gasteiger partial charge in [-0.1, -0.05) is 18.2 Å². The Morgan fingerprint density at radius 2 is 2.20 bits per heavy atom. The summed E-state index contributed by atoms with van der Waals surface area (Å²) in [6.07, 6.45) is 0.890. The summed E-state index contributed by atoms with van der Waals surface area (Å²) in [7, 11) is 0. The summed E-state index contributed by atoms with van der Waals surface area (Å²) in [5.41, 5.74) is 7.80. The van der Waals surface area contributed by atoms with Gasteiger partial charge in [0.15, 0.2) is 0 Å². The van der Waals surface area contributed by atoms with E-state index in [1.165, 1.54) is 16.6 Å². The molecule has 20 heavy (non-hydrogen) atoms. The zero-order valence-electron chi connectivity index (χ0n) is 11.4. The lowest BCUT2D eigenvalue weighted by molar-refractivity contribution is -0.118. The first-order chi connectivity index (χ1) is 9.66. The van der Waals surface area contributed by atoms with Crippen LogP contribution in [0.25, 0.3) is 0 Å². The Kier molecular flexibility index (Phi) is 5.49. The lowest BCUT2D eigenvalue weighted by atomic mass is 10.2.